The third-order valence-corrected chi connectivity index (χ3v) is 16.5. The first kappa shape index (κ1) is 56.4. The molecule has 0 fully saturated rings. The van der Waals surface area contributed by atoms with Crippen LogP contribution in [0.1, 0.15) is 195 Å². The molecule has 0 heterocycles. The summed E-state index contributed by atoms with van der Waals surface area (Å²) in [6.45, 7) is 14.7. The monoisotopic (exact) mass is 971 g/mol. The van der Waals surface area contributed by atoms with Crippen LogP contribution in [0.15, 0.2) is 72.8 Å². The zero-order valence-electron chi connectivity index (χ0n) is 44.9. The van der Waals surface area contributed by atoms with E-state index in [0.717, 1.165) is 77.3 Å². The fourth-order valence-electron chi connectivity index (χ4n) is 12.7. The lowest BCUT2D eigenvalue weighted by Crippen LogP contribution is -2.31. The predicted octanol–water partition coefficient (Wildman–Crippen LogP) is 14.3. The van der Waals surface area contributed by atoms with Crippen molar-refractivity contribution in [3.8, 4) is 33.4 Å². The van der Waals surface area contributed by atoms with E-state index < -0.39 is 0 Å². The average Bonchev–Trinajstić information content (AvgIpc) is 3.79. The summed E-state index contributed by atoms with van der Waals surface area (Å²) in [6.07, 6.45) is 28.0. The van der Waals surface area contributed by atoms with Gasteiger partial charge in [-0.1, -0.05) is 195 Å². The molecule has 2 aliphatic carbocycles. The topological polar surface area (TPSA) is 93.5 Å². The van der Waals surface area contributed by atoms with Crippen LogP contribution in [0.25, 0.3) is 33.4 Å². The summed E-state index contributed by atoms with van der Waals surface area (Å²) in [4.78, 5) is 15.2. The van der Waals surface area contributed by atoms with Crippen molar-refractivity contribution in [2.75, 3.05) is 65.7 Å². The zero-order valence-corrected chi connectivity index (χ0v) is 44.9. The molecule has 7 heteroatoms. The maximum atomic E-state index is 10.8. The fraction of sp³-hybridized carbons (Fsp3) is 0.609. The molecule has 4 aromatic carbocycles. The smallest absolute Gasteiger partial charge is 0.293 e. The van der Waals surface area contributed by atoms with Gasteiger partial charge < -0.3 is 20.1 Å². The Balaban J connectivity index is 1.34. The van der Waals surface area contributed by atoms with Gasteiger partial charge in [0.1, 0.15) is 6.61 Å². The van der Waals surface area contributed by atoms with Gasteiger partial charge in [0.05, 0.1) is 19.8 Å². The van der Waals surface area contributed by atoms with E-state index in [4.69, 9.17) is 4.74 Å². The summed E-state index contributed by atoms with van der Waals surface area (Å²) < 4.78 is 4.98. The standard InChI is InChI=1S/C64H94N2O5/c1-5-7-9-11-13-19-33-63(32-18-12-10-8-6-2)59-46-51(3)24-28-55(59)57-30-26-53(48-61(57)63)54-27-31-58-56-29-25-52(4)47-60(56)64(62(58)49-54,34-20-14-16-22-36-65(38-42-67)39-43-68)35-21-15-17-23-37-66(40-44-69)41-45-71-50-70/h24-31,46-50,67-69H,5-23,32-45H2,1-4H3. The Morgan fingerprint density at radius 3 is 1.14 bits per heavy atom. The molecule has 0 bridgehead atoms. The van der Waals surface area contributed by atoms with Crippen LogP contribution >= 0.6 is 0 Å². The molecular weight excluding hydrogens is 877 g/mol. The highest BCUT2D eigenvalue weighted by atomic mass is 16.5. The molecule has 2 aliphatic rings. The number of carbonyl (C=O) groups is 1. The number of rotatable bonds is 38. The average molecular weight is 971 g/mol. The van der Waals surface area contributed by atoms with Gasteiger partial charge in [-0.25, -0.2) is 0 Å². The van der Waals surface area contributed by atoms with Crippen LogP contribution in [0.2, 0.25) is 0 Å². The zero-order chi connectivity index (χ0) is 50.3. The Bertz CT molecular complexity index is 2200. The van der Waals surface area contributed by atoms with Gasteiger partial charge in [-0.2, -0.15) is 0 Å². The molecule has 390 valence electrons. The molecule has 3 N–H and O–H groups in total. The van der Waals surface area contributed by atoms with E-state index in [1.165, 1.54) is 139 Å². The van der Waals surface area contributed by atoms with Crippen LogP contribution in [-0.2, 0) is 20.4 Å². The summed E-state index contributed by atoms with van der Waals surface area (Å²) in [5, 5.41) is 28.9. The molecule has 0 aromatic heterocycles. The molecule has 6 rings (SSSR count). The highest BCUT2D eigenvalue weighted by molar-refractivity contribution is 5.87. The van der Waals surface area contributed by atoms with Crippen molar-refractivity contribution in [2.24, 2.45) is 0 Å². The van der Waals surface area contributed by atoms with Crippen molar-refractivity contribution in [3.63, 3.8) is 0 Å². The van der Waals surface area contributed by atoms with E-state index in [-0.39, 0.29) is 30.7 Å². The minimum absolute atomic E-state index is 0.0313. The Morgan fingerprint density at radius 1 is 0.423 bits per heavy atom. The summed E-state index contributed by atoms with van der Waals surface area (Å²) in [6, 6.07) is 29.6. The number of aliphatic hydroxyl groups excluding tert-OH is 3. The van der Waals surface area contributed by atoms with E-state index >= 15 is 0 Å². The van der Waals surface area contributed by atoms with Crippen molar-refractivity contribution in [2.45, 2.75) is 186 Å². The molecule has 0 amide bonds. The van der Waals surface area contributed by atoms with Gasteiger partial charge in [-0.15, -0.1) is 0 Å². The molecule has 4 aromatic rings. The minimum Gasteiger partial charge on any atom is -0.467 e. The first-order valence-corrected chi connectivity index (χ1v) is 28.6. The number of hydrogen-bond acceptors (Lipinski definition) is 7. The van der Waals surface area contributed by atoms with Gasteiger partial charge in [-0.05, 0) is 133 Å². The minimum atomic E-state index is -0.0912. The van der Waals surface area contributed by atoms with Gasteiger partial charge in [-0.3, -0.25) is 14.6 Å². The normalized spacial score (nSPS) is 16.7. The van der Waals surface area contributed by atoms with E-state index in [1.54, 1.807) is 11.1 Å². The number of fused-ring (bicyclic) bond motifs is 6. The number of aryl methyl sites for hydroxylation is 2. The van der Waals surface area contributed by atoms with E-state index in [0.29, 0.717) is 39.3 Å². The second-order valence-electron chi connectivity index (χ2n) is 21.6. The number of unbranched alkanes of at least 4 members (excludes halogenated alkanes) is 15. The highest BCUT2D eigenvalue weighted by Gasteiger charge is 2.44. The SMILES string of the molecule is CCCCCCCCC1(CCCCCCC)c2cc(C)ccc2-c2ccc(-c3ccc4c(c3)C(CCCCCCN(CCO)CCO)(CCCCCCN(CCO)CCOC=O)c3cc(C)ccc3-4)cc21. The lowest BCUT2D eigenvalue weighted by molar-refractivity contribution is -0.129. The van der Waals surface area contributed by atoms with Gasteiger partial charge in [0.15, 0.2) is 0 Å². The quantitative estimate of drug-likeness (QED) is 0.0304. The van der Waals surface area contributed by atoms with Crippen molar-refractivity contribution in [1.29, 1.82) is 0 Å². The van der Waals surface area contributed by atoms with Crippen LogP contribution in [0, 0.1) is 13.8 Å². The fourth-order valence-corrected chi connectivity index (χ4v) is 12.7. The van der Waals surface area contributed by atoms with Crippen molar-refractivity contribution in [3.05, 3.63) is 106 Å². The van der Waals surface area contributed by atoms with Crippen molar-refractivity contribution < 1.29 is 24.9 Å². The summed E-state index contributed by atoms with van der Waals surface area (Å²) in [5.41, 5.74) is 17.2. The van der Waals surface area contributed by atoms with Gasteiger partial charge in [0, 0.05) is 37.0 Å². The first-order chi connectivity index (χ1) is 34.8. The molecule has 0 radical (unpaired) electrons. The van der Waals surface area contributed by atoms with E-state index in [2.05, 4.69) is 110 Å². The summed E-state index contributed by atoms with van der Waals surface area (Å²) >= 11 is 0. The van der Waals surface area contributed by atoms with Gasteiger partial charge in [0.25, 0.3) is 6.47 Å². The number of hydrogen-bond donors (Lipinski definition) is 3. The molecule has 71 heavy (non-hydrogen) atoms. The third kappa shape index (κ3) is 14.9. The first-order valence-electron chi connectivity index (χ1n) is 28.6. The number of carbonyl (C=O) groups excluding carboxylic acids is 1. The molecule has 2 unspecified atom stereocenters. The Kier molecular flexibility index (Phi) is 23.7. The van der Waals surface area contributed by atoms with Crippen LogP contribution in [0.4, 0.5) is 0 Å². The van der Waals surface area contributed by atoms with Crippen LogP contribution in [0.5, 0.6) is 0 Å². The highest BCUT2D eigenvalue weighted by Crippen LogP contribution is 2.57. The second kappa shape index (κ2) is 29.7. The number of ether oxygens (including phenoxy) is 1. The van der Waals surface area contributed by atoms with Crippen LogP contribution in [-0.4, -0.2) is 97.3 Å². The molecule has 0 saturated heterocycles. The Morgan fingerprint density at radius 2 is 0.761 bits per heavy atom. The third-order valence-electron chi connectivity index (χ3n) is 16.5. The molecule has 0 saturated carbocycles. The molecular formula is C64H94N2O5. The van der Waals surface area contributed by atoms with Gasteiger partial charge >= 0.3 is 0 Å². The van der Waals surface area contributed by atoms with Crippen molar-refractivity contribution in [1.82, 2.24) is 9.80 Å². The lowest BCUT2D eigenvalue weighted by atomic mass is 9.69. The summed E-state index contributed by atoms with van der Waals surface area (Å²) in [7, 11) is 0. The predicted molar refractivity (Wildman–Crippen MR) is 297 cm³/mol. The number of aliphatic hydroxyl groups is 3. The second-order valence-corrected chi connectivity index (χ2v) is 21.6. The molecule has 0 spiro atoms. The number of benzene rings is 4. The molecule has 7 nitrogen and oxygen atoms in total. The van der Waals surface area contributed by atoms with E-state index in [1.807, 2.05) is 0 Å². The lowest BCUT2D eigenvalue weighted by Gasteiger charge is -2.34. The van der Waals surface area contributed by atoms with Crippen LogP contribution in [0.3, 0.4) is 0 Å². The molecule has 0 aliphatic heterocycles. The Labute approximate surface area is 430 Å². The largest absolute Gasteiger partial charge is 0.467 e. The maximum Gasteiger partial charge on any atom is 0.293 e. The van der Waals surface area contributed by atoms with Crippen LogP contribution < -0.4 is 0 Å². The van der Waals surface area contributed by atoms with Crippen molar-refractivity contribution >= 4 is 6.47 Å². The summed E-state index contributed by atoms with van der Waals surface area (Å²) in [5.74, 6) is 0. The van der Waals surface area contributed by atoms with Gasteiger partial charge in [0.2, 0.25) is 0 Å². The molecule has 2 atom stereocenters. The van der Waals surface area contributed by atoms with E-state index in [9.17, 15) is 20.1 Å². The Hall–Kier alpha value is -3.85. The maximum absolute atomic E-state index is 10.8. The number of nitrogens with zero attached hydrogens (tertiary/aromatic N) is 2.